The van der Waals surface area contributed by atoms with Crippen molar-refractivity contribution < 1.29 is 19.0 Å². The third-order valence-corrected chi connectivity index (χ3v) is 5.74. The number of anilines is 2. The van der Waals surface area contributed by atoms with Crippen LogP contribution >= 0.6 is 0 Å². The minimum atomic E-state index is -0.267. The monoisotopic (exact) mass is 462 g/mol. The molecule has 4 rings (SSSR count). The second-order valence-corrected chi connectivity index (χ2v) is 8.14. The molecule has 8 nitrogen and oxygen atoms in total. The molecule has 1 aromatic heterocycles. The third-order valence-electron chi connectivity index (χ3n) is 5.74. The maximum atomic E-state index is 12.3. The SMILES string of the molecule is COc1cc(OC)cc(OCC(=O)Nc2ccc(-c3ccc(N4CCCCCC4)nn3)cc2)c1. The average Bonchev–Trinajstić information content (AvgIpc) is 3.17. The molecule has 0 spiro atoms. The summed E-state index contributed by atoms with van der Waals surface area (Å²) in [6.45, 7) is 1.94. The van der Waals surface area contributed by atoms with E-state index in [1.165, 1.54) is 25.7 Å². The van der Waals surface area contributed by atoms with Gasteiger partial charge in [-0.3, -0.25) is 4.79 Å². The number of methoxy groups -OCH3 is 2. The maximum absolute atomic E-state index is 12.3. The van der Waals surface area contributed by atoms with Gasteiger partial charge in [0.15, 0.2) is 12.4 Å². The van der Waals surface area contributed by atoms with Gasteiger partial charge in [-0.1, -0.05) is 25.0 Å². The van der Waals surface area contributed by atoms with Crippen molar-refractivity contribution in [2.24, 2.45) is 0 Å². The van der Waals surface area contributed by atoms with Gasteiger partial charge in [-0.15, -0.1) is 10.2 Å². The number of nitrogens with one attached hydrogen (secondary N) is 1. The fourth-order valence-electron chi connectivity index (χ4n) is 3.88. The second-order valence-electron chi connectivity index (χ2n) is 8.14. The quantitative estimate of drug-likeness (QED) is 0.525. The Kier molecular flexibility index (Phi) is 7.80. The number of hydrogen-bond donors (Lipinski definition) is 1. The van der Waals surface area contributed by atoms with E-state index < -0.39 is 0 Å². The molecule has 0 aliphatic carbocycles. The molecule has 34 heavy (non-hydrogen) atoms. The molecule has 1 N–H and O–H groups in total. The first-order valence-corrected chi connectivity index (χ1v) is 11.5. The standard InChI is InChI=1S/C26H30N4O4/c1-32-21-15-22(33-2)17-23(16-21)34-18-26(31)27-20-9-7-19(8-10-20)24-11-12-25(29-28-24)30-13-5-3-4-6-14-30/h7-12,15-17H,3-6,13-14,18H2,1-2H3,(H,27,31). The summed E-state index contributed by atoms with van der Waals surface area (Å²) in [4.78, 5) is 14.6. The summed E-state index contributed by atoms with van der Waals surface area (Å²) in [5, 5.41) is 11.7. The van der Waals surface area contributed by atoms with Crippen LogP contribution in [-0.2, 0) is 4.79 Å². The van der Waals surface area contributed by atoms with E-state index in [0.29, 0.717) is 22.9 Å². The molecule has 0 unspecified atom stereocenters. The summed E-state index contributed by atoms with van der Waals surface area (Å²) in [5.41, 5.74) is 2.41. The van der Waals surface area contributed by atoms with Crippen molar-refractivity contribution in [3.63, 3.8) is 0 Å². The Hall–Kier alpha value is -3.81. The predicted molar refractivity (Wildman–Crippen MR) is 132 cm³/mol. The number of ether oxygens (including phenoxy) is 3. The molecular formula is C26H30N4O4. The lowest BCUT2D eigenvalue weighted by atomic mass is 10.1. The van der Waals surface area contributed by atoms with E-state index >= 15 is 0 Å². The summed E-state index contributed by atoms with van der Waals surface area (Å²) >= 11 is 0. The Morgan fingerprint density at radius 2 is 1.50 bits per heavy atom. The van der Waals surface area contributed by atoms with Crippen LogP contribution in [0.2, 0.25) is 0 Å². The molecule has 1 aliphatic rings. The van der Waals surface area contributed by atoms with Crippen LogP contribution in [0.1, 0.15) is 25.7 Å². The fraction of sp³-hybridized carbons (Fsp3) is 0.346. The van der Waals surface area contributed by atoms with Crippen LogP contribution < -0.4 is 24.4 Å². The van der Waals surface area contributed by atoms with Gasteiger partial charge in [0.2, 0.25) is 0 Å². The highest BCUT2D eigenvalue weighted by Crippen LogP contribution is 2.27. The largest absolute Gasteiger partial charge is 0.496 e. The number of hydrogen-bond acceptors (Lipinski definition) is 7. The predicted octanol–water partition coefficient (Wildman–Crippen LogP) is 4.56. The van der Waals surface area contributed by atoms with Crippen molar-refractivity contribution in [1.29, 1.82) is 0 Å². The van der Waals surface area contributed by atoms with Gasteiger partial charge in [0.25, 0.3) is 5.91 Å². The number of amides is 1. The molecular weight excluding hydrogens is 432 g/mol. The molecule has 3 aromatic rings. The number of carbonyl (C=O) groups is 1. The summed E-state index contributed by atoms with van der Waals surface area (Å²) in [6.07, 6.45) is 4.98. The lowest BCUT2D eigenvalue weighted by Crippen LogP contribution is -2.25. The van der Waals surface area contributed by atoms with Crippen LogP contribution in [0.3, 0.4) is 0 Å². The number of aromatic nitrogens is 2. The molecule has 0 radical (unpaired) electrons. The van der Waals surface area contributed by atoms with Crippen LogP contribution in [0.4, 0.5) is 11.5 Å². The number of carbonyl (C=O) groups excluding carboxylic acids is 1. The van der Waals surface area contributed by atoms with E-state index in [-0.39, 0.29) is 12.5 Å². The summed E-state index contributed by atoms with van der Waals surface area (Å²) in [7, 11) is 3.12. The zero-order valence-corrected chi connectivity index (χ0v) is 19.6. The van der Waals surface area contributed by atoms with Crippen molar-refractivity contribution in [3.05, 3.63) is 54.6 Å². The van der Waals surface area contributed by atoms with E-state index in [2.05, 4.69) is 20.4 Å². The lowest BCUT2D eigenvalue weighted by molar-refractivity contribution is -0.118. The Balaban J connectivity index is 1.32. The highest BCUT2D eigenvalue weighted by molar-refractivity contribution is 5.92. The summed E-state index contributed by atoms with van der Waals surface area (Å²) < 4.78 is 16.0. The first kappa shape index (κ1) is 23.4. The van der Waals surface area contributed by atoms with Gasteiger partial charge in [-0.25, -0.2) is 0 Å². The van der Waals surface area contributed by atoms with Gasteiger partial charge in [0, 0.05) is 42.5 Å². The number of benzene rings is 2. The molecule has 1 aliphatic heterocycles. The van der Waals surface area contributed by atoms with Gasteiger partial charge in [0.05, 0.1) is 19.9 Å². The zero-order chi connectivity index (χ0) is 23.8. The van der Waals surface area contributed by atoms with Crippen LogP contribution in [0, 0.1) is 0 Å². The summed E-state index contributed by atoms with van der Waals surface area (Å²) in [6, 6.07) is 16.7. The third kappa shape index (κ3) is 6.15. The Morgan fingerprint density at radius 1 is 0.853 bits per heavy atom. The topological polar surface area (TPSA) is 85.8 Å². The van der Waals surface area contributed by atoms with E-state index in [9.17, 15) is 4.79 Å². The second kappa shape index (κ2) is 11.4. The van der Waals surface area contributed by atoms with Crippen LogP contribution in [-0.4, -0.2) is 50.0 Å². The van der Waals surface area contributed by atoms with Gasteiger partial charge in [-0.05, 0) is 37.1 Å². The molecule has 0 bridgehead atoms. The molecule has 1 amide bonds. The molecule has 1 fully saturated rings. The zero-order valence-electron chi connectivity index (χ0n) is 19.6. The maximum Gasteiger partial charge on any atom is 0.262 e. The highest BCUT2D eigenvalue weighted by atomic mass is 16.5. The van der Waals surface area contributed by atoms with Gasteiger partial charge < -0.3 is 24.4 Å². The van der Waals surface area contributed by atoms with Crippen LogP contribution in [0.25, 0.3) is 11.3 Å². The summed E-state index contributed by atoms with van der Waals surface area (Å²) in [5.74, 6) is 2.34. The first-order valence-electron chi connectivity index (χ1n) is 11.5. The van der Waals surface area contributed by atoms with Crippen molar-refractivity contribution in [1.82, 2.24) is 10.2 Å². The number of rotatable bonds is 8. The molecule has 8 heteroatoms. The molecule has 0 atom stereocenters. The van der Waals surface area contributed by atoms with Crippen LogP contribution in [0.15, 0.2) is 54.6 Å². The van der Waals surface area contributed by atoms with E-state index in [1.807, 2.05) is 36.4 Å². The fourth-order valence-corrected chi connectivity index (χ4v) is 3.88. The van der Waals surface area contributed by atoms with Crippen molar-refractivity contribution in [3.8, 4) is 28.5 Å². The van der Waals surface area contributed by atoms with E-state index in [4.69, 9.17) is 14.2 Å². The van der Waals surface area contributed by atoms with E-state index in [1.54, 1.807) is 32.4 Å². The lowest BCUT2D eigenvalue weighted by Gasteiger charge is -2.20. The highest BCUT2D eigenvalue weighted by Gasteiger charge is 2.12. The Labute approximate surface area is 199 Å². The smallest absolute Gasteiger partial charge is 0.262 e. The average molecular weight is 463 g/mol. The van der Waals surface area contributed by atoms with E-state index in [0.717, 1.165) is 30.2 Å². The van der Waals surface area contributed by atoms with Crippen molar-refractivity contribution >= 4 is 17.4 Å². The molecule has 1 saturated heterocycles. The molecule has 0 saturated carbocycles. The first-order chi connectivity index (χ1) is 16.6. The van der Waals surface area contributed by atoms with Crippen LogP contribution in [0.5, 0.6) is 17.2 Å². The minimum Gasteiger partial charge on any atom is -0.496 e. The van der Waals surface area contributed by atoms with Gasteiger partial charge in [0.1, 0.15) is 17.2 Å². The van der Waals surface area contributed by atoms with Gasteiger partial charge >= 0.3 is 0 Å². The number of nitrogens with zero attached hydrogens (tertiary/aromatic N) is 3. The Morgan fingerprint density at radius 3 is 2.09 bits per heavy atom. The van der Waals surface area contributed by atoms with Gasteiger partial charge in [-0.2, -0.15) is 0 Å². The molecule has 178 valence electrons. The minimum absolute atomic E-state index is 0.137. The Bertz CT molecular complexity index is 1060. The normalized spacial score (nSPS) is 13.6. The van der Waals surface area contributed by atoms with Crippen molar-refractivity contribution in [2.45, 2.75) is 25.7 Å². The van der Waals surface area contributed by atoms with Crippen molar-refractivity contribution in [2.75, 3.05) is 44.1 Å². The molecule has 2 heterocycles. The molecule has 2 aromatic carbocycles.